The lowest BCUT2D eigenvalue weighted by atomic mass is 9.99. The second kappa shape index (κ2) is 9.53. The van der Waals surface area contributed by atoms with Crippen molar-refractivity contribution in [1.82, 2.24) is 5.32 Å². The number of hydrogen-bond acceptors (Lipinski definition) is 2. The van der Waals surface area contributed by atoms with Crippen LogP contribution < -0.4 is 5.32 Å². The Balaban J connectivity index is 1.78. The minimum Gasteiger partial charge on any atom is -0.349 e. The lowest BCUT2D eigenvalue weighted by Gasteiger charge is -2.18. The van der Waals surface area contributed by atoms with Gasteiger partial charge in [-0.3, -0.25) is 4.79 Å². The number of hydrogen-bond donors (Lipinski definition) is 1. The van der Waals surface area contributed by atoms with E-state index >= 15 is 0 Å². The van der Waals surface area contributed by atoms with E-state index in [9.17, 15) is 4.79 Å². The number of nitrogens with one attached hydrogen (secondary N) is 1. The quantitative estimate of drug-likeness (QED) is 0.669. The first-order valence-electron chi connectivity index (χ1n) is 8.58. The molecule has 0 fully saturated rings. The summed E-state index contributed by atoms with van der Waals surface area (Å²) in [7, 11) is 0. The smallest absolute Gasteiger partial charge is 0.221 e. The van der Waals surface area contributed by atoms with Gasteiger partial charge in [0.2, 0.25) is 5.91 Å². The van der Waals surface area contributed by atoms with Crippen LogP contribution in [-0.4, -0.2) is 11.7 Å². The monoisotopic (exact) mass is 341 g/mol. The zero-order valence-electron chi connectivity index (χ0n) is 14.8. The SMILES string of the molecule is CC[C@H](NC(=O)CCSCc1ccccc1)c1ccc(C)c(C)c1. The van der Waals surface area contributed by atoms with Crippen LogP contribution in [-0.2, 0) is 10.5 Å². The third-order valence-corrected chi connectivity index (χ3v) is 5.29. The molecule has 0 aliphatic rings. The second-order valence-corrected chi connectivity index (χ2v) is 7.27. The molecule has 1 atom stereocenters. The van der Waals surface area contributed by atoms with Crippen molar-refractivity contribution in [2.45, 2.75) is 45.4 Å². The topological polar surface area (TPSA) is 29.1 Å². The molecule has 0 saturated carbocycles. The number of carbonyl (C=O) groups excluding carboxylic acids is 1. The second-order valence-electron chi connectivity index (χ2n) is 6.16. The third kappa shape index (κ3) is 5.72. The van der Waals surface area contributed by atoms with Gasteiger partial charge in [-0.05, 0) is 42.5 Å². The predicted molar refractivity (Wildman–Crippen MR) is 104 cm³/mol. The molecule has 1 amide bonds. The van der Waals surface area contributed by atoms with E-state index in [1.807, 2.05) is 17.8 Å². The van der Waals surface area contributed by atoms with Gasteiger partial charge in [-0.15, -0.1) is 0 Å². The van der Waals surface area contributed by atoms with E-state index < -0.39 is 0 Å². The lowest BCUT2D eigenvalue weighted by molar-refractivity contribution is -0.121. The van der Waals surface area contributed by atoms with Crippen LogP contribution in [0.5, 0.6) is 0 Å². The molecule has 2 nitrogen and oxygen atoms in total. The van der Waals surface area contributed by atoms with Gasteiger partial charge in [-0.2, -0.15) is 11.8 Å². The molecule has 0 bridgehead atoms. The van der Waals surface area contributed by atoms with Gasteiger partial charge >= 0.3 is 0 Å². The molecule has 0 aliphatic carbocycles. The van der Waals surface area contributed by atoms with Crippen molar-refractivity contribution in [2.24, 2.45) is 0 Å². The van der Waals surface area contributed by atoms with Crippen molar-refractivity contribution in [1.29, 1.82) is 0 Å². The van der Waals surface area contributed by atoms with Crippen molar-refractivity contribution < 1.29 is 4.79 Å². The van der Waals surface area contributed by atoms with Gasteiger partial charge in [0.05, 0.1) is 6.04 Å². The molecule has 1 N–H and O–H groups in total. The summed E-state index contributed by atoms with van der Waals surface area (Å²) in [6, 6.07) is 16.9. The van der Waals surface area contributed by atoms with Crippen LogP contribution in [0.15, 0.2) is 48.5 Å². The number of thioether (sulfide) groups is 1. The molecular weight excluding hydrogens is 314 g/mol. The zero-order chi connectivity index (χ0) is 17.4. The first-order valence-corrected chi connectivity index (χ1v) is 9.73. The summed E-state index contributed by atoms with van der Waals surface area (Å²) in [5.41, 5.74) is 5.08. The van der Waals surface area contributed by atoms with Gasteiger partial charge in [-0.25, -0.2) is 0 Å². The number of rotatable bonds is 8. The normalized spacial score (nSPS) is 12.0. The molecule has 0 unspecified atom stereocenters. The molecule has 128 valence electrons. The number of aryl methyl sites for hydroxylation is 2. The zero-order valence-corrected chi connectivity index (χ0v) is 15.7. The van der Waals surface area contributed by atoms with Gasteiger partial charge in [-0.1, -0.05) is 55.5 Å². The van der Waals surface area contributed by atoms with Crippen molar-refractivity contribution in [3.05, 3.63) is 70.8 Å². The summed E-state index contributed by atoms with van der Waals surface area (Å²) in [5.74, 6) is 1.95. The molecule has 0 heterocycles. The Morgan fingerprint density at radius 1 is 1.08 bits per heavy atom. The Labute approximate surface area is 150 Å². The maximum atomic E-state index is 12.2. The molecule has 0 aromatic heterocycles. The molecule has 2 aromatic rings. The standard InChI is InChI=1S/C21H27NOS/c1-4-20(19-11-10-16(2)17(3)14-19)22-21(23)12-13-24-15-18-8-6-5-7-9-18/h5-11,14,20H,4,12-13,15H2,1-3H3,(H,22,23)/t20-/m0/s1. The van der Waals surface area contributed by atoms with E-state index in [4.69, 9.17) is 0 Å². The van der Waals surface area contributed by atoms with E-state index in [2.05, 4.69) is 68.6 Å². The van der Waals surface area contributed by atoms with Crippen molar-refractivity contribution in [3.8, 4) is 0 Å². The molecule has 24 heavy (non-hydrogen) atoms. The molecule has 0 radical (unpaired) electrons. The summed E-state index contributed by atoms with van der Waals surface area (Å²) >= 11 is 1.81. The Hall–Kier alpha value is -1.74. The van der Waals surface area contributed by atoms with Crippen LogP contribution in [0.25, 0.3) is 0 Å². The van der Waals surface area contributed by atoms with E-state index in [1.54, 1.807) is 0 Å². The van der Waals surface area contributed by atoms with Gasteiger partial charge in [0.15, 0.2) is 0 Å². The summed E-state index contributed by atoms with van der Waals surface area (Å²) in [6.07, 6.45) is 1.48. The number of amides is 1. The maximum absolute atomic E-state index is 12.2. The van der Waals surface area contributed by atoms with Crippen LogP contribution in [0.3, 0.4) is 0 Å². The highest BCUT2D eigenvalue weighted by molar-refractivity contribution is 7.98. The van der Waals surface area contributed by atoms with Crippen molar-refractivity contribution in [3.63, 3.8) is 0 Å². The average Bonchev–Trinajstić information content (AvgIpc) is 2.60. The molecule has 2 rings (SSSR count). The highest BCUT2D eigenvalue weighted by Crippen LogP contribution is 2.20. The van der Waals surface area contributed by atoms with Gasteiger partial charge < -0.3 is 5.32 Å². The number of carbonyl (C=O) groups is 1. The summed E-state index contributed by atoms with van der Waals surface area (Å²) in [4.78, 5) is 12.2. The van der Waals surface area contributed by atoms with E-state index in [1.165, 1.54) is 22.3 Å². The molecule has 2 aromatic carbocycles. The fourth-order valence-electron chi connectivity index (χ4n) is 2.60. The molecular formula is C21H27NOS. The summed E-state index contributed by atoms with van der Waals surface area (Å²) < 4.78 is 0. The minimum atomic E-state index is 0.107. The highest BCUT2D eigenvalue weighted by atomic mass is 32.2. The van der Waals surface area contributed by atoms with Crippen LogP contribution in [0.2, 0.25) is 0 Å². The summed E-state index contributed by atoms with van der Waals surface area (Å²) in [6.45, 7) is 6.35. The highest BCUT2D eigenvalue weighted by Gasteiger charge is 2.13. The largest absolute Gasteiger partial charge is 0.349 e. The fraction of sp³-hybridized carbons (Fsp3) is 0.381. The van der Waals surface area contributed by atoms with Crippen LogP contribution in [0.1, 0.15) is 48.1 Å². The van der Waals surface area contributed by atoms with Gasteiger partial charge in [0.1, 0.15) is 0 Å². The Morgan fingerprint density at radius 2 is 1.83 bits per heavy atom. The first kappa shape index (κ1) is 18.6. The molecule has 3 heteroatoms. The van der Waals surface area contributed by atoms with Gasteiger partial charge in [0.25, 0.3) is 0 Å². The maximum Gasteiger partial charge on any atom is 0.221 e. The van der Waals surface area contributed by atoms with Crippen molar-refractivity contribution in [2.75, 3.05) is 5.75 Å². The average molecular weight is 342 g/mol. The van der Waals surface area contributed by atoms with Crippen LogP contribution in [0, 0.1) is 13.8 Å². The van der Waals surface area contributed by atoms with Crippen LogP contribution in [0.4, 0.5) is 0 Å². The Bertz CT molecular complexity index is 654. The molecule has 0 saturated heterocycles. The van der Waals surface area contributed by atoms with E-state index in [-0.39, 0.29) is 11.9 Å². The Kier molecular flexibility index (Phi) is 7.38. The predicted octanol–water partition coefficient (Wildman–Crippen LogP) is 5.19. The fourth-order valence-corrected chi connectivity index (χ4v) is 3.50. The molecule has 0 spiro atoms. The van der Waals surface area contributed by atoms with E-state index in [0.29, 0.717) is 6.42 Å². The van der Waals surface area contributed by atoms with Crippen LogP contribution >= 0.6 is 11.8 Å². The minimum absolute atomic E-state index is 0.107. The summed E-state index contributed by atoms with van der Waals surface area (Å²) in [5, 5.41) is 3.18. The Morgan fingerprint density at radius 3 is 2.50 bits per heavy atom. The molecule has 0 aliphatic heterocycles. The van der Waals surface area contributed by atoms with E-state index in [0.717, 1.165) is 17.9 Å². The third-order valence-electron chi connectivity index (χ3n) is 4.26. The first-order chi connectivity index (χ1) is 11.6. The van der Waals surface area contributed by atoms with Gasteiger partial charge in [0, 0.05) is 17.9 Å². The van der Waals surface area contributed by atoms with Crippen molar-refractivity contribution >= 4 is 17.7 Å². The number of benzene rings is 2. The lowest BCUT2D eigenvalue weighted by Crippen LogP contribution is -2.28.